The van der Waals surface area contributed by atoms with Crippen molar-refractivity contribution < 1.29 is 17.9 Å². The van der Waals surface area contributed by atoms with Gasteiger partial charge in [-0.15, -0.1) is 0 Å². The fraction of sp³-hybridized carbons (Fsp3) is 0.381. The van der Waals surface area contributed by atoms with Crippen LogP contribution in [0, 0.1) is 0 Å². The van der Waals surface area contributed by atoms with Crippen molar-refractivity contribution >= 4 is 21.6 Å². The number of hydrogen-bond acceptors (Lipinski definition) is 5. The van der Waals surface area contributed by atoms with Gasteiger partial charge in [-0.25, -0.2) is 8.42 Å². The Kier molecular flexibility index (Phi) is 7.24. The van der Waals surface area contributed by atoms with E-state index in [1.165, 1.54) is 4.31 Å². The van der Waals surface area contributed by atoms with E-state index in [9.17, 15) is 13.2 Å². The number of piperazine rings is 1. The minimum Gasteiger partial charge on any atom is -0.492 e. The van der Waals surface area contributed by atoms with Crippen molar-refractivity contribution in [2.45, 2.75) is 18.2 Å². The van der Waals surface area contributed by atoms with Gasteiger partial charge in [0.1, 0.15) is 12.4 Å². The number of amides is 1. The van der Waals surface area contributed by atoms with Gasteiger partial charge >= 0.3 is 0 Å². The lowest BCUT2D eigenvalue weighted by Gasteiger charge is -2.33. The summed E-state index contributed by atoms with van der Waals surface area (Å²) in [6, 6.07) is 16.0. The average molecular weight is 418 g/mol. The third-order valence-electron chi connectivity index (χ3n) is 4.85. The Balaban J connectivity index is 1.49. The van der Waals surface area contributed by atoms with Crippen molar-refractivity contribution in [3.05, 3.63) is 54.6 Å². The molecular formula is C21H27N3O4S. The highest BCUT2D eigenvalue weighted by molar-refractivity contribution is 7.89. The van der Waals surface area contributed by atoms with Crippen molar-refractivity contribution in [2.75, 3.05) is 44.6 Å². The van der Waals surface area contributed by atoms with E-state index in [4.69, 9.17) is 4.74 Å². The molecule has 1 aliphatic heterocycles. The Morgan fingerprint density at radius 1 is 1.00 bits per heavy atom. The molecule has 0 bridgehead atoms. The fourth-order valence-corrected chi connectivity index (χ4v) is 4.53. The highest BCUT2D eigenvalue weighted by Crippen LogP contribution is 2.20. The van der Waals surface area contributed by atoms with Crippen molar-refractivity contribution in [1.82, 2.24) is 9.21 Å². The summed E-state index contributed by atoms with van der Waals surface area (Å²) in [6.07, 6.45) is 0.376. The molecule has 1 aliphatic rings. The molecule has 3 rings (SSSR count). The quantitative estimate of drug-likeness (QED) is 0.714. The maximum absolute atomic E-state index is 12.9. The Bertz CT molecular complexity index is 893. The molecule has 0 spiro atoms. The summed E-state index contributed by atoms with van der Waals surface area (Å²) in [5.41, 5.74) is 0.596. The normalized spacial score (nSPS) is 15.8. The molecule has 29 heavy (non-hydrogen) atoms. The van der Waals surface area contributed by atoms with E-state index in [2.05, 4.69) is 10.2 Å². The lowest BCUT2D eigenvalue weighted by atomic mass is 10.3. The van der Waals surface area contributed by atoms with Crippen LogP contribution in [0.3, 0.4) is 0 Å². The van der Waals surface area contributed by atoms with Crippen LogP contribution in [0.1, 0.15) is 13.3 Å². The largest absolute Gasteiger partial charge is 0.492 e. The zero-order valence-electron chi connectivity index (χ0n) is 16.6. The summed E-state index contributed by atoms with van der Waals surface area (Å²) in [5.74, 6) is 0.736. The van der Waals surface area contributed by atoms with Gasteiger partial charge in [-0.05, 0) is 36.4 Å². The highest BCUT2D eigenvalue weighted by atomic mass is 32.2. The number of carbonyl (C=O) groups excluding carboxylic acids is 1. The number of nitrogens with zero attached hydrogens (tertiary/aromatic N) is 2. The number of hydrogen-bond donors (Lipinski definition) is 1. The van der Waals surface area contributed by atoms with E-state index in [0.29, 0.717) is 44.9 Å². The second-order valence-electron chi connectivity index (χ2n) is 6.83. The first-order valence-electron chi connectivity index (χ1n) is 9.79. The van der Waals surface area contributed by atoms with Gasteiger partial charge in [0.2, 0.25) is 15.9 Å². The molecule has 0 aromatic heterocycles. The number of rotatable bonds is 8. The number of anilines is 1. The molecule has 1 heterocycles. The minimum absolute atomic E-state index is 0.104. The third-order valence-corrected chi connectivity index (χ3v) is 6.76. The summed E-state index contributed by atoms with van der Waals surface area (Å²) in [5, 5.41) is 2.72. The van der Waals surface area contributed by atoms with E-state index < -0.39 is 10.0 Å². The Hall–Kier alpha value is -2.42. The fourth-order valence-electron chi connectivity index (χ4n) is 3.11. The number of ether oxygens (including phenoxy) is 1. The lowest BCUT2D eigenvalue weighted by Crippen LogP contribution is -2.49. The second-order valence-corrected chi connectivity index (χ2v) is 8.77. The SMILES string of the molecule is CCC(=O)Nc1ccc(S(=O)(=O)N2CCN(CCOc3ccccc3)CC2)cc1. The van der Waals surface area contributed by atoms with E-state index in [1.807, 2.05) is 30.3 Å². The Labute approximate surface area is 172 Å². The van der Waals surface area contributed by atoms with Crippen LogP contribution in [0.5, 0.6) is 5.75 Å². The highest BCUT2D eigenvalue weighted by Gasteiger charge is 2.28. The maximum Gasteiger partial charge on any atom is 0.243 e. The molecule has 1 amide bonds. The van der Waals surface area contributed by atoms with Crippen LogP contribution in [0.4, 0.5) is 5.69 Å². The van der Waals surface area contributed by atoms with Crippen LogP contribution in [0.25, 0.3) is 0 Å². The Morgan fingerprint density at radius 2 is 1.66 bits per heavy atom. The van der Waals surface area contributed by atoms with Crippen molar-refractivity contribution in [3.8, 4) is 5.75 Å². The molecule has 0 saturated carbocycles. The summed E-state index contributed by atoms with van der Waals surface area (Å²) in [7, 11) is -3.54. The third kappa shape index (κ3) is 5.79. The van der Waals surface area contributed by atoms with Gasteiger partial charge in [0, 0.05) is 44.8 Å². The minimum atomic E-state index is -3.54. The first kappa shape index (κ1) is 21.3. The molecule has 1 N–H and O–H groups in total. The van der Waals surface area contributed by atoms with Gasteiger partial charge in [0.15, 0.2) is 0 Å². The Morgan fingerprint density at radius 3 is 2.28 bits per heavy atom. The number of benzene rings is 2. The number of nitrogens with one attached hydrogen (secondary N) is 1. The first-order valence-corrected chi connectivity index (χ1v) is 11.2. The van der Waals surface area contributed by atoms with E-state index >= 15 is 0 Å². The van der Waals surface area contributed by atoms with Crippen LogP contribution >= 0.6 is 0 Å². The molecule has 1 fully saturated rings. The van der Waals surface area contributed by atoms with Crippen molar-refractivity contribution in [3.63, 3.8) is 0 Å². The summed E-state index contributed by atoms with van der Waals surface area (Å²) >= 11 is 0. The van der Waals surface area contributed by atoms with E-state index in [-0.39, 0.29) is 10.8 Å². The van der Waals surface area contributed by atoms with Gasteiger partial charge in [0.25, 0.3) is 0 Å². The van der Waals surface area contributed by atoms with Gasteiger partial charge in [-0.2, -0.15) is 4.31 Å². The lowest BCUT2D eigenvalue weighted by molar-refractivity contribution is -0.115. The molecule has 0 aliphatic carbocycles. The summed E-state index contributed by atoms with van der Waals surface area (Å²) in [4.78, 5) is 13.9. The van der Waals surface area contributed by atoms with Gasteiger partial charge in [-0.3, -0.25) is 9.69 Å². The van der Waals surface area contributed by atoms with Gasteiger partial charge < -0.3 is 10.1 Å². The number of para-hydroxylation sites is 1. The standard InChI is InChI=1S/C21H27N3O4S/c1-2-21(25)22-18-8-10-20(11-9-18)29(26,27)24-14-12-23(13-15-24)16-17-28-19-6-4-3-5-7-19/h3-11H,2,12-17H2,1H3,(H,22,25). The van der Waals surface area contributed by atoms with Crippen molar-refractivity contribution in [2.24, 2.45) is 0 Å². The number of sulfonamides is 1. The predicted octanol–water partition coefficient (Wildman–Crippen LogP) is 2.42. The van der Waals surface area contributed by atoms with Crippen LogP contribution in [0.15, 0.2) is 59.5 Å². The smallest absolute Gasteiger partial charge is 0.243 e. The molecule has 0 unspecified atom stereocenters. The van der Waals surface area contributed by atoms with Gasteiger partial charge in [-0.1, -0.05) is 25.1 Å². The number of carbonyl (C=O) groups is 1. The van der Waals surface area contributed by atoms with Crippen molar-refractivity contribution in [1.29, 1.82) is 0 Å². The van der Waals surface area contributed by atoms with E-state index in [0.717, 1.165) is 12.3 Å². The predicted molar refractivity (Wildman–Crippen MR) is 112 cm³/mol. The molecule has 2 aromatic carbocycles. The molecule has 0 radical (unpaired) electrons. The molecule has 156 valence electrons. The average Bonchev–Trinajstić information content (AvgIpc) is 2.75. The molecule has 0 atom stereocenters. The van der Waals surface area contributed by atoms with Gasteiger partial charge in [0.05, 0.1) is 4.90 Å². The topological polar surface area (TPSA) is 79.0 Å². The summed E-state index contributed by atoms with van der Waals surface area (Å²) < 4.78 is 33.0. The van der Waals surface area contributed by atoms with Crippen LogP contribution < -0.4 is 10.1 Å². The van der Waals surface area contributed by atoms with Crippen LogP contribution in [-0.2, 0) is 14.8 Å². The molecule has 7 nitrogen and oxygen atoms in total. The van der Waals surface area contributed by atoms with E-state index in [1.54, 1.807) is 31.2 Å². The van der Waals surface area contributed by atoms with Crippen LogP contribution in [0.2, 0.25) is 0 Å². The molecule has 1 saturated heterocycles. The second kappa shape index (κ2) is 9.87. The maximum atomic E-state index is 12.9. The zero-order valence-corrected chi connectivity index (χ0v) is 17.4. The zero-order chi connectivity index (χ0) is 20.7. The first-order chi connectivity index (χ1) is 14.0. The molecular weight excluding hydrogens is 390 g/mol. The summed E-state index contributed by atoms with van der Waals surface area (Å²) in [6.45, 7) is 5.33. The molecule has 2 aromatic rings. The monoisotopic (exact) mass is 417 g/mol. The molecule has 8 heteroatoms. The van der Waals surface area contributed by atoms with Crippen LogP contribution in [-0.4, -0.2) is 62.9 Å².